The number of unbranched alkanes of at least 4 members (excludes halogenated alkanes) is 17. The molecule has 0 bridgehead atoms. The zero-order chi connectivity index (χ0) is 20.8. The van der Waals surface area contributed by atoms with Gasteiger partial charge in [-0.2, -0.15) is 0 Å². The molecule has 1 aliphatic rings. The van der Waals surface area contributed by atoms with Crippen molar-refractivity contribution >= 4 is 0 Å². The van der Waals surface area contributed by atoms with Crippen LogP contribution in [0.2, 0.25) is 0 Å². The molecule has 0 spiro atoms. The number of quaternary nitrogens is 1. The Morgan fingerprint density at radius 1 is 0.552 bits per heavy atom. The number of hydroxylamine groups is 2. The Morgan fingerprint density at radius 2 is 0.931 bits per heavy atom. The van der Waals surface area contributed by atoms with Gasteiger partial charge in [0.2, 0.25) is 0 Å². The van der Waals surface area contributed by atoms with Crippen LogP contribution in [0.1, 0.15) is 155 Å². The van der Waals surface area contributed by atoms with Gasteiger partial charge in [0.05, 0.1) is 13.1 Å². The summed E-state index contributed by atoms with van der Waals surface area (Å²) in [5.74, 6) is 0.729. The summed E-state index contributed by atoms with van der Waals surface area (Å²) < 4.78 is 0. The van der Waals surface area contributed by atoms with Crippen LogP contribution in [0, 0.1) is 11.1 Å². The van der Waals surface area contributed by atoms with Crippen molar-refractivity contribution < 1.29 is 5.06 Å². The Morgan fingerprint density at radius 3 is 1.34 bits per heavy atom. The Balaban J connectivity index is 1.69. The molecule has 1 unspecified atom stereocenters. The van der Waals surface area contributed by atoms with Crippen LogP contribution in [0.25, 0.3) is 0 Å². The van der Waals surface area contributed by atoms with Crippen LogP contribution in [0.15, 0.2) is 0 Å². The molecule has 0 amide bonds. The van der Waals surface area contributed by atoms with Crippen LogP contribution in [-0.4, -0.2) is 13.1 Å². The van der Waals surface area contributed by atoms with Gasteiger partial charge in [0.1, 0.15) is 0 Å². The number of nitrogens with one attached hydrogen (secondary N) is 1. The Hall–Kier alpha value is -0.0800. The summed E-state index contributed by atoms with van der Waals surface area (Å²) in [5, 5.41) is 12.6. The second-order valence-corrected chi connectivity index (χ2v) is 10.0. The third-order valence-corrected chi connectivity index (χ3v) is 7.05. The topological polar surface area (TPSA) is 27.5 Å². The average molecular weight is 410 g/mol. The molecular weight excluding hydrogens is 354 g/mol. The van der Waals surface area contributed by atoms with Crippen molar-refractivity contribution in [2.24, 2.45) is 5.92 Å². The highest BCUT2D eigenvalue weighted by Crippen LogP contribution is 2.22. The summed E-state index contributed by atoms with van der Waals surface area (Å²) in [7, 11) is 0. The molecule has 0 aromatic heterocycles. The summed E-state index contributed by atoms with van der Waals surface area (Å²) in [6.07, 6.45) is 32.1. The van der Waals surface area contributed by atoms with E-state index in [0.29, 0.717) is 5.06 Å². The molecule has 0 aromatic carbocycles. The average Bonchev–Trinajstić information content (AvgIpc) is 2.73. The molecule has 29 heavy (non-hydrogen) atoms. The minimum absolute atomic E-state index is 0.549. The molecule has 174 valence electrons. The van der Waals surface area contributed by atoms with E-state index in [-0.39, 0.29) is 0 Å². The molecule has 1 aliphatic carbocycles. The van der Waals surface area contributed by atoms with Gasteiger partial charge in [-0.05, 0) is 25.7 Å². The quantitative estimate of drug-likeness (QED) is 0.151. The van der Waals surface area contributed by atoms with E-state index in [0.717, 1.165) is 25.4 Å². The molecule has 1 rings (SSSR count). The molecular formula is C27H55NO. The Kier molecular flexibility index (Phi) is 19.7. The van der Waals surface area contributed by atoms with Gasteiger partial charge in [-0.3, -0.25) is 0 Å². The standard InChI is InChI=1S/C27H55NO/c1-2-3-4-5-6-7-8-9-10-11-12-13-14-15-16-17-18-22-25-28(29)26-27-23-20-19-21-24-27/h27-28H,2-26H2,1H3. The first-order valence-electron chi connectivity index (χ1n) is 13.8. The summed E-state index contributed by atoms with van der Waals surface area (Å²) in [5.41, 5.74) is 0. The molecule has 2 nitrogen and oxygen atoms in total. The van der Waals surface area contributed by atoms with E-state index >= 15 is 0 Å². The molecule has 1 fully saturated rings. The number of hydrogen-bond acceptors (Lipinski definition) is 1. The zero-order valence-corrected chi connectivity index (χ0v) is 20.2. The van der Waals surface area contributed by atoms with E-state index in [1.165, 1.54) is 141 Å². The molecule has 2 heteroatoms. The fraction of sp³-hybridized carbons (Fsp3) is 1.00. The Labute approximate surface area is 184 Å². The molecule has 0 aliphatic heterocycles. The maximum atomic E-state index is 12.1. The molecule has 1 atom stereocenters. The summed E-state index contributed by atoms with van der Waals surface area (Å²) >= 11 is 0. The minimum atomic E-state index is 0.549. The highest BCUT2D eigenvalue weighted by molar-refractivity contribution is 4.64. The molecule has 0 saturated heterocycles. The van der Waals surface area contributed by atoms with E-state index in [1.807, 2.05) is 0 Å². The lowest BCUT2D eigenvalue weighted by Gasteiger charge is -2.29. The van der Waals surface area contributed by atoms with E-state index in [9.17, 15) is 5.21 Å². The SMILES string of the molecule is CCCCCCCCCCCCCCCCCCCC[NH+]([O-])CC1CCCCC1. The lowest BCUT2D eigenvalue weighted by Crippen LogP contribution is -3.08. The van der Waals surface area contributed by atoms with Crippen molar-refractivity contribution in [1.82, 2.24) is 0 Å². The van der Waals surface area contributed by atoms with Gasteiger partial charge in [0, 0.05) is 5.92 Å². The molecule has 0 radical (unpaired) electrons. The van der Waals surface area contributed by atoms with Crippen LogP contribution in [0.4, 0.5) is 0 Å². The third kappa shape index (κ3) is 18.4. The highest BCUT2D eigenvalue weighted by atomic mass is 16.5. The van der Waals surface area contributed by atoms with Crippen LogP contribution < -0.4 is 5.06 Å². The monoisotopic (exact) mass is 409 g/mol. The zero-order valence-electron chi connectivity index (χ0n) is 20.2. The molecule has 1 saturated carbocycles. The van der Waals surface area contributed by atoms with Crippen LogP contribution in [0.5, 0.6) is 0 Å². The lowest BCUT2D eigenvalue weighted by molar-refractivity contribution is -0.852. The van der Waals surface area contributed by atoms with E-state index in [1.54, 1.807) is 0 Å². The summed E-state index contributed by atoms with van der Waals surface area (Å²) in [6, 6.07) is 0. The second kappa shape index (κ2) is 21.2. The van der Waals surface area contributed by atoms with Crippen molar-refractivity contribution in [2.75, 3.05) is 13.1 Å². The minimum Gasteiger partial charge on any atom is -0.634 e. The fourth-order valence-electron chi connectivity index (χ4n) is 5.04. The first-order valence-corrected chi connectivity index (χ1v) is 13.8. The predicted molar refractivity (Wildman–Crippen MR) is 129 cm³/mol. The normalized spacial score (nSPS) is 16.3. The molecule has 1 N–H and O–H groups in total. The first-order chi connectivity index (χ1) is 14.3. The number of hydrogen-bond donors (Lipinski definition) is 1. The fourth-order valence-corrected chi connectivity index (χ4v) is 5.04. The molecule has 0 heterocycles. The molecule has 0 aromatic rings. The third-order valence-electron chi connectivity index (χ3n) is 7.05. The lowest BCUT2D eigenvalue weighted by atomic mass is 9.89. The van der Waals surface area contributed by atoms with Crippen LogP contribution >= 0.6 is 0 Å². The van der Waals surface area contributed by atoms with Crippen molar-refractivity contribution in [1.29, 1.82) is 0 Å². The van der Waals surface area contributed by atoms with Crippen LogP contribution in [-0.2, 0) is 0 Å². The van der Waals surface area contributed by atoms with Crippen LogP contribution in [0.3, 0.4) is 0 Å². The largest absolute Gasteiger partial charge is 0.634 e. The van der Waals surface area contributed by atoms with Crippen molar-refractivity contribution in [2.45, 2.75) is 155 Å². The maximum Gasteiger partial charge on any atom is 0.0796 e. The smallest absolute Gasteiger partial charge is 0.0796 e. The van der Waals surface area contributed by atoms with Crippen molar-refractivity contribution in [3.05, 3.63) is 5.21 Å². The van der Waals surface area contributed by atoms with Gasteiger partial charge in [-0.1, -0.05) is 129 Å². The summed E-state index contributed by atoms with van der Waals surface area (Å²) in [4.78, 5) is 0. The first kappa shape index (κ1) is 27.0. The predicted octanol–water partition coefficient (Wildman–Crippen LogP) is 7.99. The van der Waals surface area contributed by atoms with Gasteiger partial charge in [-0.25, -0.2) is 0 Å². The van der Waals surface area contributed by atoms with Gasteiger partial charge in [0.15, 0.2) is 0 Å². The maximum absolute atomic E-state index is 12.1. The van der Waals surface area contributed by atoms with Crippen molar-refractivity contribution in [3.63, 3.8) is 0 Å². The van der Waals surface area contributed by atoms with Gasteiger partial charge in [-0.15, -0.1) is 0 Å². The Bertz CT molecular complexity index is 314. The van der Waals surface area contributed by atoms with E-state index in [4.69, 9.17) is 0 Å². The van der Waals surface area contributed by atoms with Crippen molar-refractivity contribution in [3.8, 4) is 0 Å². The second-order valence-electron chi connectivity index (χ2n) is 10.0. The van der Waals surface area contributed by atoms with E-state index in [2.05, 4.69) is 6.92 Å². The highest BCUT2D eigenvalue weighted by Gasteiger charge is 2.15. The number of rotatable bonds is 21. The van der Waals surface area contributed by atoms with Gasteiger partial charge >= 0.3 is 0 Å². The van der Waals surface area contributed by atoms with Gasteiger partial charge in [0.25, 0.3) is 0 Å². The van der Waals surface area contributed by atoms with E-state index < -0.39 is 0 Å². The van der Waals surface area contributed by atoms with Gasteiger partial charge < -0.3 is 10.3 Å². The summed E-state index contributed by atoms with van der Waals surface area (Å²) in [6.45, 7) is 4.04.